The van der Waals surface area contributed by atoms with Crippen LogP contribution in [0.4, 0.5) is 0 Å². The summed E-state index contributed by atoms with van der Waals surface area (Å²) in [7, 11) is 0. The van der Waals surface area contributed by atoms with Gasteiger partial charge in [-0.1, -0.05) is 18.2 Å². The first-order valence-corrected chi connectivity index (χ1v) is 7.09. The topological polar surface area (TPSA) is 66.4 Å². The predicted octanol–water partition coefficient (Wildman–Crippen LogP) is -1.21. The Morgan fingerprint density at radius 3 is 2.45 bits per heavy atom. The Labute approximate surface area is 152 Å². The van der Waals surface area contributed by atoms with E-state index in [9.17, 15) is 14.7 Å². The first-order chi connectivity index (χ1) is 9.95. The number of allylic oxidation sites excluding steroid dienone is 1. The van der Waals surface area contributed by atoms with Gasteiger partial charge in [0.1, 0.15) is 0 Å². The second-order valence-corrected chi connectivity index (χ2v) is 5.36. The van der Waals surface area contributed by atoms with Crippen molar-refractivity contribution in [3.8, 4) is 0 Å². The van der Waals surface area contributed by atoms with Crippen molar-refractivity contribution >= 4 is 11.8 Å². The number of rotatable bonds is 3. The number of esters is 1. The maximum atomic E-state index is 12.2. The summed E-state index contributed by atoms with van der Waals surface area (Å²) in [4.78, 5) is 23.9. The first kappa shape index (κ1) is 18.9. The van der Waals surface area contributed by atoms with Gasteiger partial charge in [-0.2, -0.15) is 0 Å². The van der Waals surface area contributed by atoms with Crippen molar-refractivity contribution in [2.75, 3.05) is 6.61 Å². The van der Waals surface area contributed by atoms with E-state index in [-0.39, 0.29) is 48.4 Å². The molecule has 0 heterocycles. The van der Waals surface area contributed by atoms with Gasteiger partial charge in [0.15, 0.2) is 5.78 Å². The minimum Gasteiger partial charge on any atom is -0.875 e. The zero-order valence-electron chi connectivity index (χ0n) is 13.5. The molecule has 0 saturated carbocycles. The van der Waals surface area contributed by atoms with Gasteiger partial charge in [-0.15, -0.1) is 5.76 Å². The molecule has 0 fully saturated rings. The van der Waals surface area contributed by atoms with Crippen LogP contribution in [0.2, 0.25) is 0 Å². The largest absolute Gasteiger partial charge is 1.00 e. The number of benzene rings is 1. The molecule has 1 aromatic carbocycles. The van der Waals surface area contributed by atoms with Crippen molar-refractivity contribution < 1.29 is 49.0 Å². The molecular weight excluding hydrogens is 291 g/mol. The zero-order chi connectivity index (χ0) is 15.6. The van der Waals surface area contributed by atoms with E-state index >= 15 is 0 Å². The summed E-state index contributed by atoms with van der Waals surface area (Å²) in [5.41, 5.74) is 2.87. The Bertz CT molecular complexity index is 586. The summed E-state index contributed by atoms with van der Waals surface area (Å²) in [6.45, 7) is 5.78. The van der Waals surface area contributed by atoms with Crippen LogP contribution in [-0.4, -0.2) is 18.4 Å². The van der Waals surface area contributed by atoms with E-state index in [2.05, 4.69) is 0 Å². The summed E-state index contributed by atoms with van der Waals surface area (Å²) < 4.78 is 5.03. The fourth-order valence-electron chi connectivity index (χ4n) is 3.03. The van der Waals surface area contributed by atoms with Crippen LogP contribution in [0.5, 0.6) is 0 Å². The van der Waals surface area contributed by atoms with Crippen LogP contribution in [-0.2, 0) is 14.3 Å². The number of hydrogen-bond acceptors (Lipinski definition) is 4. The third-order valence-corrected chi connectivity index (χ3v) is 3.89. The van der Waals surface area contributed by atoms with Crippen LogP contribution in [0.25, 0.3) is 0 Å². The summed E-state index contributed by atoms with van der Waals surface area (Å²) in [6, 6.07) is 5.78. The molecule has 0 bridgehead atoms. The molecule has 0 aliphatic heterocycles. The summed E-state index contributed by atoms with van der Waals surface area (Å²) in [6.07, 6.45) is 1.20. The maximum Gasteiger partial charge on any atom is 1.00 e. The predicted molar refractivity (Wildman–Crippen MR) is 76.5 cm³/mol. The average Bonchev–Trinajstić information content (AvgIpc) is 2.37. The van der Waals surface area contributed by atoms with Gasteiger partial charge in [0.05, 0.1) is 12.5 Å². The Kier molecular flexibility index (Phi) is 6.85. The van der Waals surface area contributed by atoms with Crippen molar-refractivity contribution in [2.45, 2.75) is 33.1 Å². The molecule has 22 heavy (non-hydrogen) atoms. The molecule has 2 rings (SSSR count). The van der Waals surface area contributed by atoms with Crippen molar-refractivity contribution in [2.24, 2.45) is 5.92 Å². The van der Waals surface area contributed by atoms with Crippen LogP contribution in [0.15, 0.2) is 30.0 Å². The third kappa shape index (κ3) is 3.80. The molecule has 1 aliphatic rings. The molecular formula is C17H19NaO4. The van der Waals surface area contributed by atoms with Crippen LogP contribution < -0.4 is 34.7 Å². The number of carbonyl (C=O) groups excluding carboxylic acids is 2. The van der Waals surface area contributed by atoms with E-state index in [1.54, 1.807) is 6.92 Å². The van der Waals surface area contributed by atoms with Gasteiger partial charge in [-0.25, -0.2) is 0 Å². The summed E-state index contributed by atoms with van der Waals surface area (Å²) in [5, 5.41) is 12.2. The molecule has 2 atom stereocenters. The van der Waals surface area contributed by atoms with E-state index < -0.39 is 23.6 Å². The molecule has 1 aliphatic carbocycles. The Morgan fingerprint density at radius 2 is 1.91 bits per heavy atom. The van der Waals surface area contributed by atoms with E-state index in [1.165, 1.54) is 0 Å². The van der Waals surface area contributed by atoms with Gasteiger partial charge >= 0.3 is 35.5 Å². The number of ketones is 1. The SMILES string of the molecule is CCOC(=O)C1C([O-])=CC(=O)CC1c1c(C)cccc1C.[Na+]. The van der Waals surface area contributed by atoms with Gasteiger partial charge in [0.25, 0.3) is 0 Å². The fraction of sp³-hybridized carbons (Fsp3) is 0.412. The van der Waals surface area contributed by atoms with Crippen LogP contribution >= 0.6 is 0 Å². The van der Waals surface area contributed by atoms with Crippen molar-refractivity contribution in [1.29, 1.82) is 0 Å². The molecule has 1 aromatic rings. The van der Waals surface area contributed by atoms with E-state index in [1.807, 2.05) is 32.0 Å². The molecule has 0 amide bonds. The molecule has 0 aromatic heterocycles. The second-order valence-electron chi connectivity index (χ2n) is 5.36. The number of ether oxygens (including phenoxy) is 1. The molecule has 0 radical (unpaired) electrons. The summed E-state index contributed by atoms with van der Waals surface area (Å²) >= 11 is 0. The first-order valence-electron chi connectivity index (χ1n) is 7.09. The molecule has 4 nitrogen and oxygen atoms in total. The summed E-state index contributed by atoms with van der Waals surface area (Å²) in [5.74, 6) is -2.57. The Balaban J connectivity index is 0.00000242. The molecule has 0 saturated heterocycles. The smallest absolute Gasteiger partial charge is 0.875 e. The van der Waals surface area contributed by atoms with Gasteiger partial charge in [-0.3, -0.25) is 9.59 Å². The molecule has 112 valence electrons. The van der Waals surface area contributed by atoms with E-state index in [4.69, 9.17) is 4.74 Å². The monoisotopic (exact) mass is 310 g/mol. The van der Waals surface area contributed by atoms with Crippen LogP contribution in [0.1, 0.15) is 36.0 Å². The van der Waals surface area contributed by atoms with Crippen molar-refractivity contribution in [3.63, 3.8) is 0 Å². The second kappa shape index (κ2) is 7.95. The van der Waals surface area contributed by atoms with Crippen molar-refractivity contribution in [1.82, 2.24) is 0 Å². The van der Waals surface area contributed by atoms with Gasteiger partial charge in [0.2, 0.25) is 0 Å². The maximum absolute atomic E-state index is 12.2. The molecule has 5 heteroatoms. The van der Waals surface area contributed by atoms with Crippen LogP contribution in [0.3, 0.4) is 0 Å². The quantitative estimate of drug-likeness (QED) is 0.519. The Morgan fingerprint density at radius 1 is 1.32 bits per heavy atom. The van der Waals surface area contributed by atoms with Gasteiger partial charge < -0.3 is 9.84 Å². The minimum atomic E-state index is -0.914. The zero-order valence-corrected chi connectivity index (χ0v) is 15.5. The van der Waals surface area contributed by atoms with Gasteiger partial charge in [-0.05, 0) is 43.5 Å². The number of aryl methyl sites for hydroxylation is 2. The van der Waals surface area contributed by atoms with E-state index in [0.29, 0.717) is 0 Å². The van der Waals surface area contributed by atoms with Crippen molar-refractivity contribution in [3.05, 3.63) is 46.7 Å². The van der Waals surface area contributed by atoms with Gasteiger partial charge in [0, 0.05) is 12.3 Å². The standard InChI is InChI=1S/C17H20O4.Na/c1-4-21-17(20)16-13(8-12(18)9-14(16)19)15-10(2)6-5-7-11(15)3;/h5-7,9,13,16,19H,4,8H2,1-3H3;/q;+1/p-1. The molecule has 0 spiro atoms. The number of hydrogen-bond donors (Lipinski definition) is 0. The van der Waals surface area contributed by atoms with E-state index in [0.717, 1.165) is 22.8 Å². The number of carbonyl (C=O) groups is 2. The third-order valence-electron chi connectivity index (χ3n) is 3.89. The molecule has 0 N–H and O–H groups in total. The minimum absolute atomic E-state index is 0. The molecule has 2 unspecified atom stereocenters. The average molecular weight is 310 g/mol. The Hall–Kier alpha value is -1.10. The fourth-order valence-corrected chi connectivity index (χ4v) is 3.03. The van der Waals surface area contributed by atoms with Crippen LogP contribution in [0, 0.1) is 19.8 Å². The normalized spacial score (nSPS) is 20.9.